The summed E-state index contributed by atoms with van der Waals surface area (Å²) in [7, 11) is 1.48. The van der Waals surface area contributed by atoms with Gasteiger partial charge in [-0.2, -0.15) is 0 Å². The molecule has 0 unspecified atom stereocenters. The monoisotopic (exact) mass is 210 g/mol. The van der Waals surface area contributed by atoms with Crippen LogP contribution < -0.4 is 0 Å². The maximum absolute atomic E-state index is 11.8. The Hall–Kier alpha value is -1.78. The van der Waals surface area contributed by atoms with Gasteiger partial charge >= 0.3 is 5.97 Å². The Morgan fingerprint density at radius 1 is 1.53 bits per heavy atom. The third-order valence-electron chi connectivity index (χ3n) is 2.11. The molecule has 1 aromatic heterocycles. The van der Waals surface area contributed by atoms with E-state index in [9.17, 15) is 9.59 Å². The van der Waals surface area contributed by atoms with Crippen molar-refractivity contribution in [3.8, 4) is 0 Å². The van der Waals surface area contributed by atoms with Gasteiger partial charge in [0.05, 0.1) is 0 Å². The molecule has 1 rings (SSSR count). The number of rotatable bonds is 4. The summed E-state index contributed by atoms with van der Waals surface area (Å²) < 4.78 is 1.78. The molecule has 0 bridgehead atoms. The standard InChI is InChI=1S/C10H14N2O3/c1-3-12-6-4-5-8(12)10(15)11(2)7-9(13)14/h4-6H,3,7H2,1-2H3,(H,13,14). The predicted molar refractivity (Wildman–Crippen MR) is 54.7 cm³/mol. The minimum atomic E-state index is -1.01. The fraction of sp³-hybridized carbons (Fsp3) is 0.400. The molecule has 5 nitrogen and oxygen atoms in total. The average molecular weight is 210 g/mol. The largest absolute Gasteiger partial charge is 0.480 e. The minimum absolute atomic E-state index is 0.274. The maximum atomic E-state index is 11.8. The number of aromatic nitrogens is 1. The van der Waals surface area contributed by atoms with Crippen LogP contribution in [0.15, 0.2) is 18.3 Å². The van der Waals surface area contributed by atoms with E-state index in [0.717, 1.165) is 0 Å². The molecule has 0 saturated heterocycles. The van der Waals surface area contributed by atoms with E-state index in [1.165, 1.54) is 11.9 Å². The summed E-state index contributed by atoms with van der Waals surface area (Å²) in [5.74, 6) is -1.29. The number of amides is 1. The smallest absolute Gasteiger partial charge is 0.323 e. The van der Waals surface area contributed by atoms with E-state index in [-0.39, 0.29) is 12.5 Å². The van der Waals surface area contributed by atoms with Crippen LogP contribution in [0.4, 0.5) is 0 Å². The molecule has 0 aliphatic carbocycles. The Morgan fingerprint density at radius 2 is 2.20 bits per heavy atom. The summed E-state index contributed by atoms with van der Waals surface area (Å²) in [6.07, 6.45) is 1.79. The third kappa shape index (κ3) is 2.59. The molecule has 1 heterocycles. The third-order valence-corrected chi connectivity index (χ3v) is 2.11. The van der Waals surface area contributed by atoms with Crippen LogP contribution in [-0.4, -0.2) is 40.0 Å². The molecule has 0 atom stereocenters. The van der Waals surface area contributed by atoms with Crippen molar-refractivity contribution in [2.24, 2.45) is 0 Å². The van der Waals surface area contributed by atoms with Gasteiger partial charge in [-0.1, -0.05) is 0 Å². The number of carbonyl (C=O) groups is 2. The van der Waals surface area contributed by atoms with E-state index in [2.05, 4.69) is 0 Å². The van der Waals surface area contributed by atoms with Gasteiger partial charge in [0.25, 0.3) is 5.91 Å². The van der Waals surface area contributed by atoms with Crippen LogP contribution in [0.3, 0.4) is 0 Å². The van der Waals surface area contributed by atoms with Crippen molar-refractivity contribution in [1.29, 1.82) is 0 Å². The lowest BCUT2D eigenvalue weighted by atomic mass is 10.3. The van der Waals surface area contributed by atoms with E-state index >= 15 is 0 Å². The van der Waals surface area contributed by atoms with Crippen LogP contribution in [-0.2, 0) is 11.3 Å². The number of nitrogens with zero attached hydrogens (tertiary/aromatic N) is 2. The highest BCUT2D eigenvalue weighted by atomic mass is 16.4. The summed E-state index contributed by atoms with van der Waals surface area (Å²) >= 11 is 0. The van der Waals surface area contributed by atoms with Crippen LogP contribution >= 0.6 is 0 Å². The van der Waals surface area contributed by atoms with Gasteiger partial charge in [0.1, 0.15) is 12.2 Å². The SMILES string of the molecule is CCn1cccc1C(=O)N(C)CC(=O)O. The molecule has 1 aromatic rings. The van der Waals surface area contributed by atoms with E-state index in [1.54, 1.807) is 22.9 Å². The van der Waals surface area contributed by atoms with Crippen molar-refractivity contribution in [3.63, 3.8) is 0 Å². The van der Waals surface area contributed by atoms with Gasteiger partial charge in [0.15, 0.2) is 0 Å². The number of hydrogen-bond donors (Lipinski definition) is 1. The normalized spacial score (nSPS) is 10.0. The first-order valence-electron chi connectivity index (χ1n) is 4.68. The van der Waals surface area contributed by atoms with Crippen LogP contribution in [0.5, 0.6) is 0 Å². The van der Waals surface area contributed by atoms with Crippen LogP contribution in [0.2, 0.25) is 0 Å². The van der Waals surface area contributed by atoms with E-state index in [0.29, 0.717) is 12.2 Å². The quantitative estimate of drug-likeness (QED) is 0.794. The number of carboxylic acids is 1. The number of aliphatic carboxylic acids is 1. The van der Waals surface area contributed by atoms with Crippen molar-refractivity contribution in [1.82, 2.24) is 9.47 Å². The molecule has 0 spiro atoms. The minimum Gasteiger partial charge on any atom is -0.480 e. The number of carbonyl (C=O) groups excluding carboxylic acids is 1. The highest BCUT2D eigenvalue weighted by Crippen LogP contribution is 2.05. The number of carboxylic acid groups (broad SMARTS) is 1. The Bertz CT molecular complexity index is 370. The summed E-state index contributed by atoms with van der Waals surface area (Å²) in [5.41, 5.74) is 0.515. The molecule has 0 aliphatic heterocycles. The van der Waals surface area contributed by atoms with E-state index in [4.69, 9.17) is 5.11 Å². The van der Waals surface area contributed by atoms with Crippen molar-refractivity contribution >= 4 is 11.9 Å². The zero-order chi connectivity index (χ0) is 11.4. The second kappa shape index (κ2) is 4.63. The van der Waals surface area contributed by atoms with Crippen molar-refractivity contribution in [3.05, 3.63) is 24.0 Å². The van der Waals surface area contributed by atoms with E-state index in [1.807, 2.05) is 6.92 Å². The summed E-state index contributed by atoms with van der Waals surface area (Å²) in [6.45, 7) is 2.33. The van der Waals surface area contributed by atoms with Crippen molar-refractivity contribution in [2.75, 3.05) is 13.6 Å². The molecule has 0 fully saturated rings. The molecule has 82 valence electrons. The van der Waals surface area contributed by atoms with E-state index < -0.39 is 5.97 Å². The molecule has 0 radical (unpaired) electrons. The molecular weight excluding hydrogens is 196 g/mol. The van der Waals surface area contributed by atoms with Crippen LogP contribution in [0.1, 0.15) is 17.4 Å². The van der Waals surface area contributed by atoms with Gasteiger partial charge in [-0.3, -0.25) is 9.59 Å². The number of hydrogen-bond acceptors (Lipinski definition) is 2. The zero-order valence-electron chi connectivity index (χ0n) is 8.80. The first kappa shape index (κ1) is 11.3. The Morgan fingerprint density at radius 3 is 2.73 bits per heavy atom. The number of likely N-dealkylation sites (N-methyl/N-ethyl adjacent to an activating group) is 1. The second-order valence-electron chi connectivity index (χ2n) is 3.23. The summed E-state index contributed by atoms with van der Waals surface area (Å²) in [6, 6.07) is 3.45. The lowest BCUT2D eigenvalue weighted by molar-refractivity contribution is -0.137. The van der Waals surface area contributed by atoms with Gasteiger partial charge in [-0.05, 0) is 19.1 Å². The van der Waals surface area contributed by atoms with Crippen LogP contribution in [0, 0.1) is 0 Å². The molecule has 0 aliphatic rings. The Labute approximate surface area is 87.9 Å². The predicted octanol–water partition coefficient (Wildman–Crippen LogP) is 0.665. The number of aryl methyl sites for hydroxylation is 1. The molecule has 1 amide bonds. The highest BCUT2D eigenvalue weighted by Gasteiger charge is 2.16. The molecule has 1 N–H and O–H groups in total. The zero-order valence-corrected chi connectivity index (χ0v) is 8.80. The topological polar surface area (TPSA) is 62.5 Å². The Kier molecular flexibility index (Phi) is 3.49. The lowest BCUT2D eigenvalue weighted by Gasteiger charge is -2.15. The fourth-order valence-electron chi connectivity index (χ4n) is 1.35. The van der Waals surface area contributed by atoms with Gasteiger partial charge < -0.3 is 14.6 Å². The van der Waals surface area contributed by atoms with Crippen molar-refractivity contribution < 1.29 is 14.7 Å². The van der Waals surface area contributed by atoms with Gasteiger partial charge in [-0.15, -0.1) is 0 Å². The van der Waals surface area contributed by atoms with Crippen LogP contribution in [0.25, 0.3) is 0 Å². The molecule has 5 heteroatoms. The summed E-state index contributed by atoms with van der Waals surface area (Å²) in [4.78, 5) is 23.4. The van der Waals surface area contributed by atoms with Gasteiger partial charge in [-0.25, -0.2) is 0 Å². The Balaban J connectivity index is 2.80. The van der Waals surface area contributed by atoms with Gasteiger partial charge in [0, 0.05) is 19.8 Å². The molecule has 15 heavy (non-hydrogen) atoms. The molecule has 0 aromatic carbocycles. The van der Waals surface area contributed by atoms with Gasteiger partial charge in [0.2, 0.25) is 0 Å². The second-order valence-corrected chi connectivity index (χ2v) is 3.23. The first-order valence-corrected chi connectivity index (χ1v) is 4.68. The first-order chi connectivity index (χ1) is 7.06. The molecular formula is C10H14N2O3. The summed E-state index contributed by atoms with van der Waals surface area (Å²) in [5, 5.41) is 8.56. The lowest BCUT2D eigenvalue weighted by Crippen LogP contribution is -2.33. The highest BCUT2D eigenvalue weighted by molar-refractivity contribution is 5.94. The van der Waals surface area contributed by atoms with Crippen molar-refractivity contribution in [2.45, 2.75) is 13.5 Å². The molecule has 0 saturated carbocycles. The average Bonchev–Trinajstić information content (AvgIpc) is 2.62. The fourth-order valence-corrected chi connectivity index (χ4v) is 1.35. The maximum Gasteiger partial charge on any atom is 0.323 e.